The lowest BCUT2D eigenvalue weighted by Crippen LogP contribution is -2.64. The summed E-state index contributed by atoms with van der Waals surface area (Å²) in [6, 6.07) is 0. The molecule has 5 rings (SSSR count). The fourth-order valence-electron chi connectivity index (χ4n) is 6.71. The van der Waals surface area contributed by atoms with E-state index in [9.17, 15) is 0 Å². The van der Waals surface area contributed by atoms with Gasteiger partial charge in [0.05, 0.1) is 6.54 Å². The lowest BCUT2D eigenvalue weighted by molar-refractivity contribution is -0.118. The van der Waals surface area contributed by atoms with Crippen molar-refractivity contribution in [2.45, 2.75) is 77.9 Å². The highest BCUT2D eigenvalue weighted by atomic mass is 15.1. The highest BCUT2D eigenvalue weighted by molar-refractivity contribution is 5.14. The van der Waals surface area contributed by atoms with Crippen molar-refractivity contribution < 1.29 is 0 Å². The number of imidazole rings is 1. The molecule has 0 aromatic carbocycles. The van der Waals surface area contributed by atoms with Crippen LogP contribution in [0.2, 0.25) is 0 Å². The second-order valence-electron chi connectivity index (χ2n) is 8.89. The molecule has 0 saturated heterocycles. The summed E-state index contributed by atoms with van der Waals surface area (Å²) in [4.78, 5) is 4.54. The van der Waals surface area contributed by atoms with Gasteiger partial charge < -0.3 is 9.88 Å². The maximum atomic E-state index is 4.54. The summed E-state index contributed by atoms with van der Waals surface area (Å²) in [5.41, 5.74) is 1.55. The van der Waals surface area contributed by atoms with E-state index < -0.39 is 0 Å². The van der Waals surface area contributed by atoms with Crippen LogP contribution in [0.15, 0.2) is 12.4 Å². The molecule has 1 aromatic rings. The average Bonchev–Trinajstić information content (AvgIpc) is 2.79. The highest BCUT2D eigenvalue weighted by Gasteiger charge is 2.59. The number of rotatable bonds is 4. The second-order valence-corrected chi connectivity index (χ2v) is 8.89. The summed E-state index contributed by atoms with van der Waals surface area (Å²) in [7, 11) is 0. The molecule has 4 aliphatic carbocycles. The zero-order valence-electron chi connectivity index (χ0n) is 13.8. The van der Waals surface area contributed by atoms with Crippen molar-refractivity contribution in [1.29, 1.82) is 0 Å². The van der Waals surface area contributed by atoms with Gasteiger partial charge in [-0.2, -0.15) is 0 Å². The van der Waals surface area contributed by atoms with Crippen molar-refractivity contribution in [2.24, 2.45) is 16.7 Å². The van der Waals surface area contributed by atoms with E-state index >= 15 is 0 Å². The minimum atomic E-state index is 0.382. The number of aryl methyl sites for hydroxylation is 1. The van der Waals surface area contributed by atoms with Gasteiger partial charge in [0.25, 0.3) is 0 Å². The quantitative estimate of drug-likeness (QED) is 0.914. The van der Waals surface area contributed by atoms with E-state index in [2.05, 4.69) is 41.8 Å². The second kappa shape index (κ2) is 4.34. The van der Waals surface area contributed by atoms with Crippen LogP contribution in [0.25, 0.3) is 0 Å². The van der Waals surface area contributed by atoms with Crippen LogP contribution in [-0.2, 0) is 13.1 Å². The Morgan fingerprint density at radius 2 is 1.90 bits per heavy atom. The molecule has 0 aliphatic heterocycles. The maximum Gasteiger partial charge on any atom is 0.122 e. The molecule has 4 fully saturated rings. The van der Waals surface area contributed by atoms with E-state index in [0.717, 1.165) is 19.0 Å². The SMILES string of the molecule is CCn1ccnc1CNC12CC3CC(C)(CC(C)(C3)C1)C2. The largest absolute Gasteiger partial charge is 0.334 e. The number of nitrogens with one attached hydrogen (secondary N) is 1. The first-order valence-electron chi connectivity index (χ1n) is 8.68. The standard InChI is InChI=1S/C18H29N3/c1-4-21-6-5-19-15(21)10-20-18-9-14-7-16(2,12-18)11-17(3,8-14)13-18/h5-6,14,20H,4,7-13H2,1-3H3. The first-order valence-corrected chi connectivity index (χ1v) is 8.68. The fraction of sp³-hybridized carbons (Fsp3) is 0.833. The van der Waals surface area contributed by atoms with E-state index in [-0.39, 0.29) is 0 Å². The first-order chi connectivity index (χ1) is 9.93. The Morgan fingerprint density at radius 1 is 1.19 bits per heavy atom. The molecule has 116 valence electrons. The Labute approximate surface area is 128 Å². The Hall–Kier alpha value is -0.830. The summed E-state index contributed by atoms with van der Waals surface area (Å²) in [6.07, 6.45) is 12.6. The minimum absolute atomic E-state index is 0.382. The van der Waals surface area contributed by atoms with Crippen LogP contribution in [0.4, 0.5) is 0 Å². The minimum Gasteiger partial charge on any atom is -0.334 e. The van der Waals surface area contributed by atoms with Gasteiger partial charge in [-0.1, -0.05) is 13.8 Å². The van der Waals surface area contributed by atoms with E-state index in [4.69, 9.17) is 0 Å². The van der Waals surface area contributed by atoms with Crippen LogP contribution < -0.4 is 5.32 Å². The lowest BCUT2D eigenvalue weighted by atomic mass is 9.43. The molecule has 21 heavy (non-hydrogen) atoms. The fourth-order valence-corrected chi connectivity index (χ4v) is 6.71. The van der Waals surface area contributed by atoms with Crippen LogP contribution in [0.5, 0.6) is 0 Å². The summed E-state index contributed by atoms with van der Waals surface area (Å²) < 4.78 is 2.26. The van der Waals surface area contributed by atoms with Crippen LogP contribution >= 0.6 is 0 Å². The van der Waals surface area contributed by atoms with Crippen molar-refractivity contribution in [1.82, 2.24) is 14.9 Å². The summed E-state index contributed by atoms with van der Waals surface area (Å²) >= 11 is 0. The molecule has 3 nitrogen and oxygen atoms in total. The third-order valence-electron chi connectivity index (χ3n) is 6.39. The monoisotopic (exact) mass is 287 g/mol. The molecule has 2 unspecified atom stereocenters. The molecule has 0 amide bonds. The van der Waals surface area contributed by atoms with Crippen LogP contribution in [0.3, 0.4) is 0 Å². The predicted molar refractivity (Wildman–Crippen MR) is 84.9 cm³/mol. The molecular formula is C18H29N3. The molecule has 2 atom stereocenters. The predicted octanol–water partition coefficient (Wildman–Crippen LogP) is 3.74. The van der Waals surface area contributed by atoms with Gasteiger partial charge in [0.1, 0.15) is 5.82 Å². The van der Waals surface area contributed by atoms with E-state index in [1.54, 1.807) is 0 Å². The summed E-state index contributed by atoms with van der Waals surface area (Å²) in [6.45, 7) is 9.22. The molecule has 1 aromatic heterocycles. The third kappa shape index (κ3) is 2.25. The lowest BCUT2D eigenvalue weighted by Gasteiger charge is -2.65. The molecule has 1 heterocycles. The molecule has 4 bridgehead atoms. The van der Waals surface area contributed by atoms with Gasteiger partial charge in [-0.15, -0.1) is 0 Å². The van der Waals surface area contributed by atoms with Gasteiger partial charge in [-0.05, 0) is 62.2 Å². The zero-order chi connectivity index (χ0) is 14.7. The molecule has 4 aliphatic rings. The molecule has 0 spiro atoms. The van der Waals surface area contributed by atoms with E-state index in [1.807, 2.05) is 6.20 Å². The van der Waals surface area contributed by atoms with Crippen LogP contribution in [-0.4, -0.2) is 15.1 Å². The zero-order valence-corrected chi connectivity index (χ0v) is 13.8. The third-order valence-corrected chi connectivity index (χ3v) is 6.39. The normalized spacial score (nSPS) is 44.4. The van der Waals surface area contributed by atoms with Gasteiger partial charge in [-0.3, -0.25) is 0 Å². The van der Waals surface area contributed by atoms with Crippen LogP contribution in [0.1, 0.15) is 65.1 Å². The smallest absolute Gasteiger partial charge is 0.122 e. The Morgan fingerprint density at radius 3 is 2.52 bits per heavy atom. The average molecular weight is 287 g/mol. The molecule has 4 saturated carbocycles. The number of hydrogen-bond acceptors (Lipinski definition) is 2. The Balaban J connectivity index is 1.55. The highest BCUT2D eigenvalue weighted by Crippen LogP contribution is 2.66. The van der Waals surface area contributed by atoms with Gasteiger partial charge in [-0.25, -0.2) is 4.98 Å². The van der Waals surface area contributed by atoms with Gasteiger partial charge in [0.15, 0.2) is 0 Å². The molecule has 1 N–H and O–H groups in total. The van der Waals surface area contributed by atoms with Crippen molar-refractivity contribution in [3.05, 3.63) is 18.2 Å². The number of aromatic nitrogens is 2. The van der Waals surface area contributed by atoms with E-state index in [1.165, 1.54) is 44.3 Å². The topological polar surface area (TPSA) is 29.9 Å². The van der Waals surface area contributed by atoms with Crippen molar-refractivity contribution in [2.75, 3.05) is 0 Å². The number of hydrogen-bond donors (Lipinski definition) is 1. The van der Waals surface area contributed by atoms with Gasteiger partial charge >= 0.3 is 0 Å². The van der Waals surface area contributed by atoms with Gasteiger partial charge in [0, 0.05) is 24.5 Å². The number of nitrogens with zero attached hydrogens (tertiary/aromatic N) is 2. The first kappa shape index (κ1) is 13.8. The summed E-state index contributed by atoms with van der Waals surface area (Å²) in [5.74, 6) is 2.15. The van der Waals surface area contributed by atoms with E-state index in [0.29, 0.717) is 16.4 Å². The van der Waals surface area contributed by atoms with Crippen molar-refractivity contribution in [3.8, 4) is 0 Å². The van der Waals surface area contributed by atoms with Crippen LogP contribution in [0, 0.1) is 16.7 Å². The van der Waals surface area contributed by atoms with Gasteiger partial charge in [0.2, 0.25) is 0 Å². The molecule has 3 heteroatoms. The molecular weight excluding hydrogens is 258 g/mol. The van der Waals surface area contributed by atoms with Crippen molar-refractivity contribution in [3.63, 3.8) is 0 Å². The summed E-state index contributed by atoms with van der Waals surface area (Å²) in [5, 5.41) is 3.97. The van der Waals surface area contributed by atoms with Crippen molar-refractivity contribution >= 4 is 0 Å². The Kier molecular flexibility index (Phi) is 2.86. The Bertz CT molecular complexity index is 528. The molecule has 0 radical (unpaired) electrons. The maximum absolute atomic E-state index is 4.54.